The Labute approximate surface area is 156 Å². The third-order valence-corrected chi connectivity index (χ3v) is 8.40. The number of hydrogen-bond acceptors (Lipinski definition) is 3. The molecule has 0 heterocycles. The van der Waals surface area contributed by atoms with Gasteiger partial charge in [0.05, 0.1) is 4.90 Å². The molecule has 4 saturated carbocycles. The van der Waals surface area contributed by atoms with Crippen LogP contribution in [0.5, 0.6) is 0 Å². The molecular formula is C20H28N2O3S. The summed E-state index contributed by atoms with van der Waals surface area (Å²) in [5.41, 5.74) is 1.87. The van der Waals surface area contributed by atoms with Gasteiger partial charge in [-0.05, 0) is 100 Å². The van der Waals surface area contributed by atoms with Gasteiger partial charge in [0.15, 0.2) is 0 Å². The zero-order chi connectivity index (χ0) is 18.7. The zero-order valence-corrected chi connectivity index (χ0v) is 16.6. The smallest absolute Gasteiger partial charge is 0.251 e. The van der Waals surface area contributed by atoms with Gasteiger partial charge in [-0.1, -0.05) is 0 Å². The van der Waals surface area contributed by atoms with Gasteiger partial charge in [0.25, 0.3) is 5.91 Å². The molecule has 4 aliphatic carbocycles. The van der Waals surface area contributed by atoms with Gasteiger partial charge in [0.1, 0.15) is 0 Å². The molecule has 142 valence electrons. The number of rotatable bonds is 4. The first-order chi connectivity index (χ1) is 12.2. The van der Waals surface area contributed by atoms with Crippen molar-refractivity contribution >= 4 is 15.9 Å². The Hall–Kier alpha value is -1.40. The summed E-state index contributed by atoms with van der Waals surface area (Å²) in [7, 11) is -2.20. The number of nitrogens with one attached hydrogen (secondary N) is 2. The molecule has 4 aliphatic rings. The Morgan fingerprint density at radius 3 is 2.08 bits per heavy atom. The number of amides is 1. The fraction of sp³-hybridized carbons (Fsp3) is 0.650. The molecule has 0 radical (unpaired) electrons. The van der Waals surface area contributed by atoms with E-state index in [9.17, 15) is 13.2 Å². The molecule has 0 saturated heterocycles. The van der Waals surface area contributed by atoms with Crippen LogP contribution in [0.3, 0.4) is 0 Å². The number of carbonyl (C=O) groups excluding carboxylic acids is 1. The molecule has 0 aliphatic heterocycles. The van der Waals surface area contributed by atoms with E-state index >= 15 is 0 Å². The third-order valence-electron chi connectivity index (χ3n) is 6.86. The monoisotopic (exact) mass is 376 g/mol. The second kappa shape index (κ2) is 6.06. The molecule has 0 aromatic heterocycles. The first-order valence-corrected chi connectivity index (χ1v) is 11.1. The first kappa shape index (κ1) is 18.0. The molecule has 0 atom stereocenters. The molecule has 0 spiro atoms. The molecule has 0 unspecified atom stereocenters. The molecule has 5 rings (SSSR count). The highest BCUT2D eigenvalue weighted by molar-refractivity contribution is 7.89. The van der Waals surface area contributed by atoms with Crippen molar-refractivity contribution in [1.29, 1.82) is 0 Å². The summed E-state index contributed by atoms with van der Waals surface area (Å²) in [6.45, 7) is 3.63. The standard InChI is InChI=1S/C20H28N2O3S/c1-12-4-17(8-18(13(12)2)26(24,25)21-3)19(23)22-20-9-14-5-15(10-20)7-16(6-14)11-20/h4,8,14-16,21H,5-7,9-11H2,1-3H3,(H,22,23). The Morgan fingerprint density at radius 2 is 1.58 bits per heavy atom. The lowest BCUT2D eigenvalue weighted by Crippen LogP contribution is -2.59. The average molecular weight is 377 g/mol. The number of carbonyl (C=O) groups is 1. The van der Waals surface area contributed by atoms with Crippen molar-refractivity contribution in [1.82, 2.24) is 10.0 Å². The lowest BCUT2D eigenvalue weighted by atomic mass is 9.53. The summed E-state index contributed by atoms with van der Waals surface area (Å²) in [6, 6.07) is 3.32. The lowest BCUT2D eigenvalue weighted by molar-refractivity contribution is -0.0167. The Morgan fingerprint density at radius 1 is 1.04 bits per heavy atom. The molecule has 6 heteroatoms. The first-order valence-electron chi connectivity index (χ1n) is 9.59. The van der Waals surface area contributed by atoms with Crippen LogP contribution < -0.4 is 10.0 Å². The van der Waals surface area contributed by atoms with E-state index in [1.54, 1.807) is 13.0 Å². The summed E-state index contributed by atoms with van der Waals surface area (Å²) >= 11 is 0. The van der Waals surface area contributed by atoms with Crippen LogP contribution in [-0.2, 0) is 10.0 Å². The SMILES string of the molecule is CNS(=O)(=O)c1cc(C(=O)NC23CC4CC(CC(C4)C2)C3)cc(C)c1C. The highest BCUT2D eigenvalue weighted by Gasteiger charge is 2.51. The van der Waals surface area contributed by atoms with Gasteiger partial charge in [-0.25, -0.2) is 13.1 Å². The summed E-state index contributed by atoms with van der Waals surface area (Å²) < 4.78 is 27.0. The summed E-state index contributed by atoms with van der Waals surface area (Å²) in [5, 5.41) is 3.33. The van der Waals surface area contributed by atoms with Crippen molar-refractivity contribution < 1.29 is 13.2 Å². The molecule has 1 amide bonds. The Kier molecular flexibility index (Phi) is 4.19. The van der Waals surface area contributed by atoms with E-state index in [2.05, 4.69) is 10.0 Å². The van der Waals surface area contributed by atoms with Crippen molar-refractivity contribution in [3.63, 3.8) is 0 Å². The second-order valence-electron chi connectivity index (χ2n) is 8.78. The fourth-order valence-electron chi connectivity index (χ4n) is 5.92. The fourth-order valence-corrected chi connectivity index (χ4v) is 6.99. The number of sulfonamides is 1. The predicted molar refractivity (Wildman–Crippen MR) is 101 cm³/mol. The average Bonchev–Trinajstić information content (AvgIpc) is 2.55. The van der Waals surface area contributed by atoms with E-state index < -0.39 is 10.0 Å². The normalized spacial score (nSPS) is 32.7. The minimum absolute atomic E-state index is 0.0767. The second-order valence-corrected chi connectivity index (χ2v) is 10.6. The summed E-state index contributed by atoms with van der Waals surface area (Å²) in [5.74, 6) is 2.12. The lowest BCUT2D eigenvalue weighted by Gasteiger charge is -2.56. The molecule has 4 fully saturated rings. The van der Waals surface area contributed by atoms with Crippen molar-refractivity contribution in [3.05, 3.63) is 28.8 Å². The van der Waals surface area contributed by atoms with Crippen molar-refractivity contribution in [2.45, 2.75) is 62.8 Å². The highest BCUT2D eigenvalue weighted by atomic mass is 32.2. The maximum absolute atomic E-state index is 13.0. The summed E-state index contributed by atoms with van der Waals surface area (Å²) in [6.07, 6.45) is 7.21. The van der Waals surface area contributed by atoms with Crippen LogP contribution in [0.15, 0.2) is 17.0 Å². The van der Waals surface area contributed by atoms with Crippen molar-refractivity contribution in [3.8, 4) is 0 Å². The number of benzene rings is 1. The van der Waals surface area contributed by atoms with Crippen LogP contribution >= 0.6 is 0 Å². The minimum Gasteiger partial charge on any atom is -0.347 e. The quantitative estimate of drug-likeness (QED) is 0.848. The molecule has 5 nitrogen and oxygen atoms in total. The van der Waals surface area contributed by atoms with Crippen LogP contribution in [0.2, 0.25) is 0 Å². The van der Waals surface area contributed by atoms with Gasteiger partial charge in [-0.15, -0.1) is 0 Å². The van der Waals surface area contributed by atoms with E-state index in [0.29, 0.717) is 11.1 Å². The van der Waals surface area contributed by atoms with E-state index in [1.165, 1.54) is 32.4 Å². The van der Waals surface area contributed by atoms with E-state index in [-0.39, 0.29) is 16.3 Å². The van der Waals surface area contributed by atoms with E-state index in [1.807, 2.05) is 6.92 Å². The zero-order valence-electron chi connectivity index (χ0n) is 15.8. The van der Waals surface area contributed by atoms with Crippen LogP contribution in [0.4, 0.5) is 0 Å². The van der Waals surface area contributed by atoms with Crippen LogP contribution in [-0.4, -0.2) is 26.9 Å². The largest absolute Gasteiger partial charge is 0.347 e. The van der Waals surface area contributed by atoms with E-state index in [0.717, 1.165) is 42.6 Å². The highest BCUT2D eigenvalue weighted by Crippen LogP contribution is 2.55. The number of aryl methyl sites for hydroxylation is 1. The Bertz CT molecular complexity index is 825. The van der Waals surface area contributed by atoms with E-state index in [4.69, 9.17) is 0 Å². The third kappa shape index (κ3) is 2.97. The maximum atomic E-state index is 13.0. The Balaban J connectivity index is 1.63. The minimum atomic E-state index is -3.59. The van der Waals surface area contributed by atoms with Gasteiger partial charge in [0.2, 0.25) is 10.0 Å². The number of hydrogen-bond donors (Lipinski definition) is 2. The molecule has 2 N–H and O–H groups in total. The maximum Gasteiger partial charge on any atom is 0.251 e. The van der Waals surface area contributed by atoms with Crippen LogP contribution in [0, 0.1) is 31.6 Å². The predicted octanol–water partition coefficient (Wildman–Crippen LogP) is 2.91. The van der Waals surface area contributed by atoms with Crippen molar-refractivity contribution in [2.75, 3.05) is 7.05 Å². The van der Waals surface area contributed by atoms with Gasteiger partial charge in [-0.2, -0.15) is 0 Å². The van der Waals surface area contributed by atoms with Crippen LogP contribution in [0.1, 0.15) is 60.0 Å². The van der Waals surface area contributed by atoms with Crippen molar-refractivity contribution in [2.24, 2.45) is 17.8 Å². The molecule has 1 aromatic rings. The van der Waals surface area contributed by atoms with Gasteiger partial charge >= 0.3 is 0 Å². The van der Waals surface area contributed by atoms with Gasteiger partial charge in [0, 0.05) is 11.1 Å². The van der Waals surface area contributed by atoms with Gasteiger partial charge < -0.3 is 5.32 Å². The molecule has 26 heavy (non-hydrogen) atoms. The molecule has 4 bridgehead atoms. The van der Waals surface area contributed by atoms with Gasteiger partial charge in [-0.3, -0.25) is 4.79 Å². The van der Waals surface area contributed by atoms with Crippen LogP contribution in [0.25, 0.3) is 0 Å². The summed E-state index contributed by atoms with van der Waals surface area (Å²) in [4.78, 5) is 13.2. The topological polar surface area (TPSA) is 75.3 Å². The molecule has 1 aromatic carbocycles. The molecular weight excluding hydrogens is 348 g/mol.